The lowest BCUT2D eigenvalue weighted by Crippen LogP contribution is -2.42. The predicted octanol–water partition coefficient (Wildman–Crippen LogP) is 2.50. The Balaban J connectivity index is 1.16. The lowest BCUT2D eigenvalue weighted by atomic mass is 9.94. The molecule has 0 aliphatic carbocycles. The van der Waals surface area contributed by atoms with Crippen LogP contribution in [0.3, 0.4) is 0 Å². The van der Waals surface area contributed by atoms with Crippen LogP contribution in [-0.2, 0) is 34.0 Å². The molecule has 1 unspecified atom stereocenters. The maximum absolute atomic E-state index is 12.9. The van der Waals surface area contributed by atoms with Gasteiger partial charge in [0.1, 0.15) is 12.4 Å². The minimum atomic E-state index is -0.231. The van der Waals surface area contributed by atoms with E-state index in [0.717, 1.165) is 49.7 Å². The van der Waals surface area contributed by atoms with Gasteiger partial charge < -0.3 is 14.4 Å². The van der Waals surface area contributed by atoms with E-state index in [0.29, 0.717) is 44.5 Å². The van der Waals surface area contributed by atoms with Crippen molar-refractivity contribution in [1.29, 1.82) is 0 Å². The molecular formula is C27H31N3O5. The first-order valence-electron chi connectivity index (χ1n) is 12.3. The van der Waals surface area contributed by atoms with Gasteiger partial charge in [0.05, 0.1) is 19.8 Å². The van der Waals surface area contributed by atoms with E-state index in [2.05, 4.69) is 34.5 Å². The second kappa shape index (κ2) is 10.6. The van der Waals surface area contributed by atoms with Crippen LogP contribution in [0.1, 0.15) is 46.3 Å². The quantitative estimate of drug-likeness (QED) is 0.588. The van der Waals surface area contributed by atoms with Gasteiger partial charge in [0.2, 0.25) is 11.8 Å². The van der Waals surface area contributed by atoms with E-state index in [-0.39, 0.29) is 23.6 Å². The molecule has 3 aliphatic heterocycles. The van der Waals surface area contributed by atoms with Gasteiger partial charge in [-0.2, -0.15) is 0 Å². The Kier molecular flexibility index (Phi) is 7.11. The third kappa shape index (κ3) is 5.55. The van der Waals surface area contributed by atoms with Crippen LogP contribution in [0.5, 0.6) is 5.75 Å². The van der Waals surface area contributed by atoms with Gasteiger partial charge in [0.15, 0.2) is 0 Å². The summed E-state index contributed by atoms with van der Waals surface area (Å²) in [4.78, 5) is 40.5. The second-order valence-corrected chi connectivity index (χ2v) is 9.44. The summed E-state index contributed by atoms with van der Waals surface area (Å²) in [6.07, 6.45) is 1.45. The van der Waals surface area contributed by atoms with Crippen LogP contribution in [0.15, 0.2) is 42.5 Å². The smallest absolute Gasteiger partial charge is 0.254 e. The molecule has 3 heterocycles. The number of morpholine rings is 1. The summed E-state index contributed by atoms with van der Waals surface area (Å²) in [5, 5.41) is 2.39. The molecule has 1 N–H and O–H groups in total. The molecule has 8 heteroatoms. The van der Waals surface area contributed by atoms with Gasteiger partial charge in [-0.1, -0.05) is 30.3 Å². The Morgan fingerprint density at radius 1 is 1.00 bits per heavy atom. The molecule has 5 rings (SSSR count). The highest BCUT2D eigenvalue weighted by molar-refractivity contribution is 6.00. The van der Waals surface area contributed by atoms with E-state index in [1.165, 1.54) is 5.56 Å². The zero-order valence-corrected chi connectivity index (χ0v) is 19.8. The molecule has 8 nitrogen and oxygen atoms in total. The molecule has 1 atom stereocenters. The fourth-order valence-electron chi connectivity index (χ4n) is 4.92. The lowest BCUT2D eigenvalue weighted by Gasteiger charge is -2.26. The fraction of sp³-hybridized carbons (Fsp3) is 0.444. The largest absolute Gasteiger partial charge is 0.489 e. The number of nitrogens with one attached hydrogen (secondary N) is 1. The van der Waals surface area contributed by atoms with Gasteiger partial charge >= 0.3 is 0 Å². The summed E-state index contributed by atoms with van der Waals surface area (Å²) in [7, 11) is 0. The van der Waals surface area contributed by atoms with E-state index >= 15 is 0 Å². The number of amides is 3. The molecule has 0 bridgehead atoms. The minimum absolute atomic E-state index is 0.0368. The summed E-state index contributed by atoms with van der Waals surface area (Å²) < 4.78 is 11.6. The van der Waals surface area contributed by atoms with Crippen molar-refractivity contribution in [1.82, 2.24) is 15.1 Å². The summed E-state index contributed by atoms with van der Waals surface area (Å²) in [6, 6.07) is 14.1. The van der Waals surface area contributed by atoms with Gasteiger partial charge in [0, 0.05) is 49.6 Å². The van der Waals surface area contributed by atoms with Crippen LogP contribution in [0, 0.1) is 5.92 Å². The Bertz CT molecular complexity index is 1090. The van der Waals surface area contributed by atoms with Crippen LogP contribution in [0.4, 0.5) is 0 Å². The van der Waals surface area contributed by atoms with Gasteiger partial charge in [-0.25, -0.2) is 0 Å². The summed E-state index contributed by atoms with van der Waals surface area (Å²) in [5.74, 6) is 0.00272. The van der Waals surface area contributed by atoms with Crippen molar-refractivity contribution >= 4 is 17.7 Å². The van der Waals surface area contributed by atoms with Gasteiger partial charge in [-0.3, -0.25) is 24.6 Å². The average molecular weight is 478 g/mol. The first-order valence-corrected chi connectivity index (χ1v) is 12.3. The molecule has 2 saturated heterocycles. The normalized spacial score (nSPS) is 20.6. The van der Waals surface area contributed by atoms with E-state index < -0.39 is 0 Å². The average Bonchev–Trinajstić information content (AvgIpc) is 3.20. The standard InChI is InChI=1S/C27H31N3O5/c31-25-9-8-21(26(32)28-25)10-11-30-17-23-22(27(30)33)2-1-3-24(23)35-18-20-6-4-19(5-7-20)16-29-12-14-34-15-13-29/h1-7,21H,8-18H2,(H,28,31,32). The molecule has 0 saturated carbocycles. The molecule has 2 fully saturated rings. The molecule has 2 aromatic carbocycles. The van der Waals surface area contributed by atoms with Crippen LogP contribution in [0.25, 0.3) is 0 Å². The highest BCUT2D eigenvalue weighted by Gasteiger charge is 2.32. The van der Waals surface area contributed by atoms with Crippen LogP contribution in [0.2, 0.25) is 0 Å². The first kappa shape index (κ1) is 23.5. The van der Waals surface area contributed by atoms with Crippen molar-refractivity contribution < 1.29 is 23.9 Å². The van der Waals surface area contributed by atoms with E-state index in [4.69, 9.17) is 9.47 Å². The van der Waals surface area contributed by atoms with Crippen LogP contribution < -0.4 is 10.1 Å². The fourth-order valence-corrected chi connectivity index (χ4v) is 4.92. The second-order valence-electron chi connectivity index (χ2n) is 9.44. The SMILES string of the molecule is O=C1CCC(CCN2Cc3c(OCc4ccc(CN5CCOCC5)cc4)cccc3C2=O)C(=O)N1. The van der Waals surface area contributed by atoms with Gasteiger partial charge in [-0.05, 0) is 36.1 Å². The summed E-state index contributed by atoms with van der Waals surface area (Å²) in [6.45, 7) is 5.82. The number of nitrogens with zero attached hydrogens (tertiary/aromatic N) is 2. The number of ether oxygens (including phenoxy) is 2. The van der Waals surface area contributed by atoms with Crippen LogP contribution >= 0.6 is 0 Å². The number of carbonyl (C=O) groups is 3. The molecule has 2 aromatic rings. The minimum Gasteiger partial charge on any atom is -0.489 e. The molecule has 0 aromatic heterocycles. The van der Waals surface area contributed by atoms with Crippen molar-refractivity contribution in [2.24, 2.45) is 5.92 Å². The third-order valence-corrected chi connectivity index (χ3v) is 7.03. The Morgan fingerprint density at radius 3 is 2.54 bits per heavy atom. The van der Waals surface area contributed by atoms with Crippen LogP contribution in [-0.4, -0.2) is 60.4 Å². The number of imide groups is 1. The number of hydrogen-bond acceptors (Lipinski definition) is 6. The Hall–Kier alpha value is -3.23. The number of rotatable bonds is 8. The molecule has 3 aliphatic rings. The third-order valence-electron chi connectivity index (χ3n) is 7.03. The number of piperidine rings is 1. The van der Waals surface area contributed by atoms with Crippen molar-refractivity contribution in [3.8, 4) is 5.75 Å². The maximum Gasteiger partial charge on any atom is 0.254 e. The predicted molar refractivity (Wildman–Crippen MR) is 129 cm³/mol. The van der Waals surface area contributed by atoms with E-state index in [9.17, 15) is 14.4 Å². The molecular weight excluding hydrogens is 446 g/mol. The molecule has 184 valence electrons. The number of carbonyl (C=O) groups excluding carboxylic acids is 3. The van der Waals surface area contributed by atoms with E-state index in [1.54, 1.807) is 4.90 Å². The summed E-state index contributed by atoms with van der Waals surface area (Å²) >= 11 is 0. The Morgan fingerprint density at radius 2 is 1.77 bits per heavy atom. The number of benzene rings is 2. The van der Waals surface area contributed by atoms with Crippen molar-refractivity contribution in [2.45, 2.75) is 39.0 Å². The van der Waals surface area contributed by atoms with Gasteiger partial charge in [0.25, 0.3) is 5.91 Å². The first-order chi connectivity index (χ1) is 17.1. The maximum atomic E-state index is 12.9. The van der Waals surface area contributed by atoms with Crippen molar-refractivity contribution in [2.75, 3.05) is 32.8 Å². The number of hydrogen-bond donors (Lipinski definition) is 1. The molecule has 35 heavy (non-hydrogen) atoms. The topological polar surface area (TPSA) is 88.2 Å². The highest BCUT2D eigenvalue weighted by Crippen LogP contribution is 2.32. The molecule has 3 amide bonds. The lowest BCUT2D eigenvalue weighted by molar-refractivity contribution is -0.136. The zero-order valence-electron chi connectivity index (χ0n) is 19.8. The highest BCUT2D eigenvalue weighted by atomic mass is 16.5. The van der Waals surface area contributed by atoms with Crippen molar-refractivity contribution in [3.63, 3.8) is 0 Å². The molecule has 0 radical (unpaired) electrons. The summed E-state index contributed by atoms with van der Waals surface area (Å²) in [5.41, 5.74) is 3.90. The number of fused-ring (bicyclic) bond motifs is 1. The Labute approximate surface area is 205 Å². The molecule has 0 spiro atoms. The van der Waals surface area contributed by atoms with Gasteiger partial charge in [-0.15, -0.1) is 0 Å². The van der Waals surface area contributed by atoms with E-state index in [1.807, 2.05) is 18.2 Å². The monoisotopic (exact) mass is 477 g/mol. The zero-order chi connectivity index (χ0) is 24.2. The van der Waals surface area contributed by atoms with Crippen molar-refractivity contribution in [3.05, 3.63) is 64.7 Å².